The molecule has 2 saturated heterocycles. The summed E-state index contributed by atoms with van der Waals surface area (Å²) in [5, 5.41) is 3.03. The van der Waals surface area contributed by atoms with Crippen molar-refractivity contribution in [1.29, 1.82) is 0 Å². The fourth-order valence-electron chi connectivity index (χ4n) is 3.50. The van der Waals surface area contributed by atoms with Gasteiger partial charge in [-0.3, -0.25) is 14.5 Å². The van der Waals surface area contributed by atoms with Crippen molar-refractivity contribution < 1.29 is 9.59 Å². The number of amides is 2. The Morgan fingerprint density at radius 1 is 1.33 bits per heavy atom. The summed E-state index contributed by atoms with van der Waals surface area (Å²) in [5.74, 6) is 1.03. The Hall–Kier alpha value is -1.88. The Bertz CT molecular complexity index is 610. The number of nitrogens with zero attached hydrogens (tertiary/aromatic N) is 2. The number of carbonyl (C=O) groups is 2. The first kappa shape index (κ1) is 17.0. The minimum absolute atomic E-state index is 0.0633. The van der Waals surface area contributed by atoms with E-state index in [-0.39, 0.29) is 17.9 Å². The molecule has 0 aliphatic carbocycles. The molecule has 24 heavy (non-hydrogen) atoms. The SMILES string of the molecule is CC1CN(C(C)C(=O)NCc2cccc(CN3CCCC3=O)c2)C1. The van der Waals surface area contributed by atoms with Gasteiger partial charge in [-0.2, -0.15) is 0 Å². The molecule has 1 aromatic carbocycles. The standard InChI is InChI=1S/C19H27N3O2/c1-14-11-22(12-14)15(2)19(24)20-10-16-5-3-6-17(9-16)13-21-8-4-7-18(21)23/h3,5-6,9,14-15H,4,7-8,10-13H2,1-2H3,(H,20,24). The molecule has 2 amide bonds. The number of likely N-dealkylation sites (tertiary alicyclic amines) is 2. The number of carbonyl (C=O) groups excluding carboxylic acids is 2. The summed E-state index contributed by atoms with van der Waals surface area (Å²) in [5.41, 5.74) is 2.21. The van der Waals surface area contributed by atoms with Crippen molar-refractivity contribution in [2.75, 3.05) is 19.6 Å². The fraction of sp³-hybridized carbons (Fsp3) is 0.579. The van der Waals surface area contributed by atoms with Crippen LogP contribution in [0.25, 0.3) is 0 Å². The van der Waals surface area contributed by atoms with Crippen LogP contribution in [0.5, 0.6) is 0 Å². The summed E-state index contributed by atoms with van der Waals surface area (Å²) in [6, 6.07) is 8.08. The molecule has 2 heterocycles. The molecule has 5 heteroatoms. The van der Waals surface area contributed by atoms with Crippen LogP contribution in [-0.2, 0) is 22.7 Å². The average Bonchev–Trinajstić information content (AvgIpc) is 2.94. The van der Waals surface area contributed by atoms with Gasteiger partial charge in [0, 0.05) is 39.1 Å². The van der Waals surface area contributed by atoms with Crippen molar-refractivity contribution in [3.63, 3.8) is 0 Å². The van der Waals surface area contributed by atoms with Gasteiger partial charge in [0.15, 0.2) is 0 Å². The van der Waals surface area contributed by atoms with Crippen LogP contribution in [0.3, 0.4) is 0 Å². The lowest BCUT2D eigenvalue weighted by Crippen LogP contribution is -2.55. The van der Waals surface area contributed by atoms with Gasteiger partial charge in [0.05, 0.1) is 6.04 Å². The van der Waals surface area contributed by atoms with Gasteiger partial charge in [-0.25, -0.2) is 0 Å². The molecule has 1 aromatic rings. The largest absolute Gasteiger partial charge is 0.351 e. The topological polar surface area (TPSA) is 52.7 Å². The number of hydrogen-bond acceptors (Lipinski definition) is 3. The summed E-state index contributed by atoms with van der Waals surface area (Å²) in [4.78, 5) is 28.1. The summed E-state index contributed by atoms with van der Waals surface area (Å²) >= 11 is 0. The van der Waals surface area contributed by atoms with E-state index >= 15 is 0 Å². The van der Waals surface area contributed by atoms with E-state index in [4.69, 9.17) is 0 Å². The highest BCUT2D eigenvalue weighted by Crippen LogP contribution is 2.18. The Morgan fingerprint density at radius 2 is 2.08 bits per heavy atom. The minimum Gasteiger partial charge on any atom is -0.351 e. The molecule has 0 spiro atoms. The second kappa shape index (κ2) is 7.34. The van der Waals surface area contributed by atoms with E-state index in [9.17, 15) is 9.59 Å². The molecule has 2 aliphatic heterocycles. The van der Waals surface area contributed by atoms with Crippen molar-refractivity contribution in [2.24, 2.45) is 5.92 Å². The zero-order chi connectivity index (χ0) is 17.1. The normalized spacial score (nSPS) is 20.1. The van der Waals surface area contributed by atoms with Crippen LogP contribution >= 0.6 is 0 Å². The average molecular weight is 329 g/mol. The molecule has 0 bridgehead atoms. The van der Waals surface area contributed by atoms with Gasteiger partial charge < -0.3 is 10.2 Å². The van der Waals surface area contributed by atoms with Crippen LogP contribution in [-0.4, -0.2) is 47.3 Å². The third kappa shape index (κ3) is 3.96. The first-order chi connectivity index (χ1) is 11.5. The molecule has 1 unspecified atom stereocenters. The first-order valence-electron chi connectivity index (χ1n) is 8.90. The van der Waals surface area contributed by atoms with Crippen LogP contribution in [0.2, 0.25) is 0 Å². The second-order valence-electron chi connectivity index (χ2n) is 7.19. The van der Waals surface area contributed by atoms with E-state index in [1.54, 1.807) is 0 Å². The van der Waals surface area contributed by atoms with Crippen molar-refractivity contribution in [3.05, 3.63) is 35.4 Å². The smallest absolute Gasteiger partial charge is 0.237 e. The Morgan fingerprint density at radius 3 is 2.75 bits per heavy atom. The lowest BCUT2D eigenvalue weighted by molar-refractivity contribution is -0.129. The van der Waals surface area contributed by atoms with E-state index < -0.39 is 0 Å². The van der Waals surface area contributed by atoms with Crippen LogP contribution < -0.4 is 5.32 Å². The second-order valence-corrected chi connectivity index (χ2v) is 7.19. The Labute approximate surface area is 144 Å². The van der Waals surface area contributed by atoms with Crippen molar-refractivity contribution in [2.45, 2.75) is 45.8 Å². The van der Waals surface area contributed by atoms with E-state index in [1.165, 1.54) is 0 Å². The number of nitrogens with one attached hydrogen (secondary N) is 1. The van der Waals surface area contributed by atoms with Gasteiger partial charge >= 0.3 is 0 Å². The maximum absolute atomic E-state index is 12.3. The van der Waals surface area contributed by atoms with E-state index in [1.807, 2.05) is 30.0 Å². The van der Waals surface area contributed by atoms with Gasteiger partial charge in [-0.1, -0.05) is 31.2 Å². The molecule has 2 aliphatic rings. The molecule has 2 fully saturated rings. The summed E-state index contributed by atoms with van der Waals surface area (Å²) < 4.78 is 0. The molecular weight excluding hydrogens is 302 g/mol. The first-order valence-corrected chi connectivity index (χ1v) is 8.90. The fourth-order valence-corrected chi connectivity index (χ4v) is 3.50. The van der Waals surface area contributed by atoms with Crippen molar-refractivity contribution >= 4 is 11.8 Å². The van der Waals surface area contributed by atoms with Crippen molar-refractivity contribution in [1.82, 2.24) is 15.1 Å². The van der Waals surface area contributed by atoms with Gasteiger partial charge in [-0.15, -0.1) is 0 Å². The quantitative estimate of drug-likeness (QED) is 0.865. The predicted molar refractivity (Wildman–Crippen MR) is 93.1 cm³/mol. The molecule has 130 valence electrons. The number of benzene rings is 1. The maximum Gasteiger partial charge on any atom is 0.237 e. The number of rotatable bonds is 6. The molecular formula is C19H27N3O2. The zero-order valence-electron chi connectivity index (χ0n) is 14.6. The summed E-state index contributed by atoms with van der Waals surface area (Å²) in [7, 11) is 0. The van der Waals surface area contributed by atoms with Crippen LogP contribution in [0, 0.1) is 5.92 Å². The van der Waals surface area contributed by atoms with Gasteiger partial charge in [0.2, 0.25) is 11.8 Å². The van der Waals surface area contributed by atoms with Gasteiger partial charge in [0.1, 0.15) is 0 Å². The van der Waals surface area contributed by atoms with Crippen LogP contribution in [0.4, 0.5) is 0 Å². The van der Waals surface area contributed by atoms with Gasteiger partial charge in [-0.05, 0) is 30.4 Å². The zero-order valence-corrected chi connectivity index (χ0v) is 14.6. The molecule has 1 atom stereocenters. The molecule has 5 nitrogen and oxygen atoms in total. The summed E-state index contributed by atoms with van der Waals surface area (Å²) in [6.07, 6.45) is 1.63. The number of hydrogen-bond donors (Lipinski definition) is 1. The Balaban J connectivity index is 1.51. The molecule has 0 aromatic heterocycles. The molecule has 1 N–H and O–H groups in total. The third-order valence-corrected chi connectivity index (χ3v) is 5.02. The highest BCUT2D eigenvalue weighted by Gasteiger charge is 2.30. The predicted octanol–water partition coefficient (Wildman–Crippen LogP) is 1.77. The highest BCUT2D eigenvalue weighted by atomic mass is 16.2. The van der Waals surface area contributed by atoms with E-state index in [0.29, 0.717) is 25.4 Å². The third-order valence-electron chi connectivity index (χ3n) is 5.02. The molecule has 3 rings (SSSR count). The minimum atomic E-state index is -0.0633. The lowest BCUT2D eigenvalue weighted by Gasteiger charge is -2.40. The molecule has 0 radical (unpaired) electrons. The lowest BCUT2D eigenvalue weighted by atomic mass is 10.00. The van der Waals surface area contributed by atoms with Crippen molar-refractivity contribution in [3.8, 4) is 0 Å². The highest BCUT2D eigenvalue weighted by molar-refractivity contribution is 5.81. The van der Waals surface area contributed by atoms with E-state index in [0.717, 1.165) is 37.2 Å². The monoisotopic (exact) mass is 329 g/mol. The Kier molecular flexibility index (Phi) is 5.19. The maximum atomic E-state index is 12.3. The summed E-state index contributed by atoms with van der Waals surface area (Å²) in [6.45, 7) is 8.25. The molecule has 0 saturated carbocycles. The van der Waals surface area contributed by atoms with Gasteiger partial charge in [0.25, 0.3) is 0 Å². The van der Waals surface area contributed by atoms with Crippen LogP contribution in [0.1, 0.15) is 37.8 Å². The van der Waals surface area contributed by atoms with E-state index in [2.05, 4.69) is 23.2 Å². The van der Waals surface area contributed by atoms with Crippen LogP contribution in [0.15, 0.2) is 24.3 Å².